The fraction of sp³-hybridized carbons (Fsp3) is 0.263. The molecule has 1 saturated heterocycles. The summed E-state index contributed by atoms with van der Waals surface area (Å²) in [7, 11) is 0. The van der Waals surface area contributed by atoms with E-state index in [4.69, 9.17) is 10.8 Å². The second-order valence-corrected chi connectivity index (χ2v) is 6.66. The zero-order chi connectivity index (χ0) is 17.5. The van der Waals surface area contributed by atoms with Crippen molar-refractivity contribution < 1.29 is 0 Å². The molecule has 0 bridgehead atoms. The van der Waals surface area contributed by atoms with E-state index in [2.05, 4.69) is 32.4 Å². The number of piperidine rings is 1. The zero-order valence-electron chi connectivity index (χ0n) is 14.7. The summed E-state index contributed by atoms with van der Waals surface area (Å²) in [6, 6.07) is 10.4. The molecule has 4 aromatic rings. The fourth-order valence-electron chi connectivity index (χ4n) is 3.72. The van der Waals surface area contributed by atoms with Gasteiger partial charge in [-0.25, -0.2) is 14.6 Å². The first-order valence-corrected chi connectivity index (χ1v) is 8.86. The van der Waals surface area contributed by atoms with Crippen molar-refractivity contribution in [1.29, 1.82) is 0 Å². The number of halogens is 1. The van der Waals surface area contributed by atoms with Crippen LogP contribution in [0.25, 0.3) is 33.2 Å². The highest BCUT2D eigenvalue weighted by Gasteiger charge is 2.23. The van der Waals surface area contributed by atoms with Gasteiger partial charge in [-0.05, 0) is 37.6 Å². The summed E-state index contributed by atoms with van der Waals surface area (Å²) < 4.78 is 2.02. The monoisotopic (exact) mass is 381 g/mol. The summed E-state index contributed by atoms with van der Waals surface area (Å²) in [4.78, 5) is 13.1. The number of hydrogen-bond acceptors (Lipinski definition) is 6. The first-order valence-electron chi connectivity index (χ1n) is 8.86. The highest BCUT2D eigenvalue weighted by atomic mass is 35.5. The van der Waals surface area contributed by atoms with Gasteiger partial charge in [0.25, 0.3) is 0 Å². The molecule has 3 N–H and O–H groups in total. The van der Waals surface area contributed by atoms with Gasteiger partial charge in [-0.2, -0.15) is 5.10 Å². The molecule has 4 heterocycles. The first-order chi connectivity index (χ1) is 12.8. The lowest BCUT2D eigenvalue weighted by Crippen LogP contribution is -2.32. The van der Waals surface area contributed by atoms with Crippen LogP contribution in [-0.4, -0.2) is 37.8 Å². The molecule has 1 aliphatic heterocycles. The van der Waals surface area contributed by atoms with E-state index in [0.717, 1.165) is 59.1 Å². The fourth-order valence-corrected chi connectivity index (χ4v) is 3.72. The molecule has 3 aromatic heterocycles. The number of hydrogen-bond donors (Lipinski definition) is 2. The van der Waals surface area contributed by atoms with Crippen molar-refractivity contribution in [1.82, 2.24) is 30.0 Å². The summed E-state index contributed by atoms with van der Waals surface area (Å²) in [6.07, 6.45) is 5.52. The molecule has 0 unspecified atom stereocenters. The Morgan fingerprint density at radius 1 is 1.15 bits per heavy atom. The van der Waals surface area contributed by atoms with Crippen LogP contribution in [0.1, 0.15) is 18.9 Å². The molecule has 27 heavy (non-hydrogen) atoms. The smallest absolute Gasteiger partial charge is 0.164 e. The third-order valence-corrected chi connectivity index (χ3v) is 5.01. The van der Waals surface area contributed by atoms with Crippen LogP contribution < -0.4 is 11.1 Å². The number of nitrogens with two attached hydrogens (primary N) is 1. The largest absolute Gasteiger partial charge is 0.383 e. The van der Waals surface area contributed by atoms with Crippen molar-refractivity contribution in [3.63, 3.8) is 0 Å². The molecule has 0 aliphatic carbocycles. The molecule has 8 heteroatoms. The second-order valence-electron chi connectivity index (χ2n) is 6.66. The minimum atomic E-state index is 0. The molecule has 1 aromatic carbocycles. The molecule has 138 valence electrons. The van der Waals surface area contributed by atoms with Gasteiger partial charge in [-0.3, -0.25) is 4.98 Å². The van der Waals surface area contributed by atoms with Gasteiger partial charge in [-0.15, -0.1) is 12.4 Å². The van der Waals surface area contributed by atoms with E-state index in [-0.39, 0.29) is 18.4 Å². The zero-order valence-corrected chi connectivity index (χ0v) is 15.5. The normalized spacial score (nSPS) is 17.1. The van der Waals surface area contributed by atoms with Crippen LogP contribution in [-0.2, 0) is 0 Å². The van der Waals surface area contributed by atoms with Gasteiger partial charge >= 0.3 is 0 Å². The van der Waals surface area contributed by atoms with Crippen molar-refractivity contribution in [2.75, 3.05) is 18.8 Å². The van der Waals surface area contributed by atoms with Gasteiger partial charge in [0.05, 0.1) is 16.9 Å². The Morgan fingerprint density at radius 3 is 2.93 bits per heavy atom. The highest BCUT2D eigenvalue weighted by molar-refractivity contribution is 5.99. The number of benzene rings is 1. The molecule has 0 radical (unpaired) electrons. The summed E-state index contributed by atoms with van der Waals surface area (Å²) in [5.41, 5.74) is 9.80. The Kier molecular flexibility index (Phi) is 4.63. The number of rotatable bonds is 2. The van der Waals surface area contributed by atoms with Crippen LogP contribution in [0.2, 0.25) is 0 Å². The third-order valence-electron chi connectivity index (χ3n) is 5.01. The Labute approximate surface area is 162 Å². The van der Waals surface area contributed by atoms with E-state index >= 15 is 0 Å². The molecular weight excluding hydrogens is 362 g/mol. The molecule has 1 atom stereocenters. The predicted octanol–water partition coefficient (Wildman–Crippen LogP) is 2.97. The van der Waals surface area contributed by atoms with Crippen molar-refractivity contribution >= 4 is 40.2 Å². The van der Waals surface area contributed by atoms with Crippen molar-refractivity contribution in [3.05, 3.63) is 42.9 Å². The van der Waals surface area contributed by atoms with Crippen LogP contribution >= 0.6 is 12.4 Å². The highest BCUT2D eigenvalue weighted by Crippen LogP contribution is 2.33. The van der Waals surface area contributed by atoms with Crippen LogP contribution in [0.15, 0.2) is 42.9 Å². The molecular formula is C19H20ClN7. The van der Waals surface area contributed by atoms with Gasteiger partial charge in [0.2, 0.25) is 0 Å². The second kappa shape index (κ2) is 7.09. The van der Waals surface area contributed by atoms with Gasteiger partial charge in [0.1, 0.15) is 17.8 Å². The Hall–Kier alpha value is -2.77. The molecule has 0 spiro atoms. The van der Waals surface area contributed by atoms with Crippen molar-refractivity contribution in [2.45, 2.75) is 18.9 Å². The topological polar surface area (TPSA) is 94.5 Å². The number of anilines is 1. The Bertz CT molecular complexity index is 1100. The molecule has 5 rings (SSSR count). The van der Waals surface area contributed by atoms with Crippen LogP contribution in [0.4, 0.5) is 5.82 Å². The first kappa shape index (κ1) is 17.6. The van der Waals surface area contributed by atoms with E-state index in [9.17, 15) is 0 Å². The number of pyridine rings is 1. The van der Waals surface area contributed by atoms with E-state index < -0.39 is 0 Å². The van der Waals surface area contributed by atoms with Gasteiger partial charge in [0, 0.05) is 23.7 Å². The maximum Gasteiger partial charge on any atom is 0.164 e. The van der Waals surface area contributed by atoms with Gasteiger partial charge in [-0.1, -0.05) is 12.1 Å². The minimum Gasteiger partial charge on any atom is -0.383 e. The minimum absolute atomic E-state index is 0. The Morgan fingerprint density at radius 2 is 2.07 bits per heavy atom. The number of nitrogens with zero attached hydrogens (tertiary/aromatic N) is 5. The molecule has 0 amide bonds. The SMILES string of the molecule is Cl.Nc1ncnc2c1c(-c1ccc3ncccc3c1)nn2[C@@H]1CCCNC1. The number of fused-ring (bicyclic) bond motifs is 2. The number of nitrogens with one attached hydrogen (secondary N) is 1. The van der Waals surface area contributed by atoms with Crippen LogP contribution in [0.3, 0.4) is 0 Å². The lowest BCUT2D eigenvalue weighted by molar-refractivity contribution is 0.354. The van der Waals surface area contributed by atoms with Crippen molar-refractivity contribution in [3.8, 4) is 11.3 Å². The standard InChI is InChI=1S/C19H19N7.ClH/c20-18-16-17(13-5-6-15-12(9-13)3-1-8-22-15)25-26(19(16)24-11-23-18)14-4-2-7-21-10-14;/h1,3,5-6,8-9,11,14,21H,2,4,7,10H2,(H2,20,23,24);1H/t14-;/m1./s1. The summed E-state index contributed by atoms with van der Waals surface area (Å²) in [6.45, 7) is 1.94. The summed E-state index contributed by atoms with van der Waals surface area (Å²) in [5, 5.41) is 10.3. The average Bonchev–Trinajstić information content (AvgIpc) is 3.09. The van der Waals surface area contributed by atoms with E-state index in [1.165, 1.54) is 6.33 Å². The van der Waals surface area contributed by atoms with Gasteiger partial charge in [0.15, 0.2) is 5.65 Å². The van der Waals surface area contributed by atoms with E-state index in [1.54, 1.807) is 6.20 Å². The maximum absolute atomic E-state index is 6.22. The van der Waals surface area contributed by atoms with E-state index in [0.29, 0.717) is 5.82 Å². The maximum atomic E-state index is 6.22. The quantitative estimate of drug-likeness (QED) is 0.554. The summed E-state index contributed by atoms with van der Waals surface area (Å²) in [5.74, 6) is 0.464. The predicted molar refractivity (Wildman–Crippen MR) is 109 cm³/mol. The molecule has 1 fully saturated rings. The molecule has 0 saturated carbocycles. The molecule has 7 nitrogen and oxygen atoms in total. The lowest BCUT2D eigenvalue weighted by atomic mass is 10.1. The Balaban J connectivity index is 0.00000180. The van der Waals surface area contributed by atoms with Crippen LogP contribution in [0, 0.1) is 0 Å². The van der Waals surface area contributed by atoms with Crippen LogP contribution in [0.5, 0.6) is 0 Å². The van der Waals surface area contributed by atoms with Gasteiger partial charge < -0.3 is 11.1 Å². The summed E-state index contributed by atoms with van der Waals surface area (Å²) >= 11 is 0. The van der Waals surface area contributed by atoms with E-state index in [1.807, 2.05) is 22.9 Å². The number of nitrogen functional groups attached to an aromatic ring is 1. The lowest BCUT2D eigenvalue weighted by Gasteiger charge is -2.23. The average molecular weight is 382 g/mol. The van der Waals surface area contributed by atoms with Crippen molar-refractivity contribution in [2.24, 2.45) is 0 Å². The third kappa shape index (κ3) is 2.98. The molecule has 1 aliphatic rings. The number of aromatic nitrogens is 5.